The van der Waals surface area contributed by atoms with Gasteiger partial charge in [-0.3, -0.25) is 4.79 Å². The van der Waals surface area contributed by atoms with E-state index in [0.29, 0.717) is 22.6 Å². The summed E-state index contributed by atoms with van der Waals surface area (Å²) < 4.78 is 32.2. The molecule has 0 radical (unpaired) electrons. The van der Waals surface area contributed by atoms with Crippen molar-refractivity contribution >= 4 is 76.9 Å². The van der Waals surface area contributed by atoms with Crippen LogP contribution in [0.15, 0.2) is 204 Å². The highest BCUT2D eigenvalue weighted by Crippen LogP contribution is 2.26. The Hall–Kier alpha value is -13.3. The average molecular weight is 1460 g/mol. The fourth-order valence-electron chi connectivity index (χ4n) is 8.55. The van der Waals surface area contributed by atoms with Gasteiger partial charge in [0.05, 0.1) is 80.2 Å². The van der Waals surface area contributed by atoms with E-state index >= 15 is 0 Å². The summed E-state index contributed by atoms with van der Waals surface area (Å²) in [4.78, 5) is 136. The van der Waals surface area contributed by atoms with Crippen molar-refractivity contribution in [3.8, 4) is 44.5 Å². The Kier molecular flexibility index (Phi) is 32.8. The van der Waals surface area contributed by atoms with Crippen LogP contribution in [0.2, 0.25) is 5.02 Å². The standard InChI is InChI=1S/C15H13NO4.C14H12ClNO2.C14H12N4O2.C14H13NO3.C9H8ClNO4.C7H5NO5/c1-19-14(17)12-8-11(10-6-4-3-5-7-10)9-13(16-12)15(18)20-2;1-18-14(17)13-8-11(7-12(9-15)16-13)10-5-3-2-4-6-10;1-20-14(19)13-8-11(10-5-3-2-4-6-10)7-12(17-13)9-16-18-15;1-18-14(17)13-8-11(7-12(9-16)15-13)10-5-3-2-4-6-10;1-14-8(12)6-3-5(10)4-7(11-6)9(13)15-2;9-3-1-4(6(10)11)8-5(2-3)7(12)13/h3-9H,1-2H3;2-8H,9H2,1H3;2-8H,9H2,1H3;2-8,16H,9H2,1H3;3-4H,1-2H3;1-2H,(H,8,9)(H,10,11)(H,12,13). The summed E-state index contributed by atoms with van der Waals surface area (Å²) in [7, 11) is 8.88. The summed E-state index contributed by atoms with van der Waals surface area (Å²) >= 11 is 11.5. The Morgan fingerprint density at radius 2 is 0.654 bits per heavy atom. The number of pyridine rings is 6. The van der Waals surface area contributed by atoms with Crippen molar-refractivity contribution in [2.75, 3.05) is 49.8 Å². The number of carboxylic acid groups (broad SMARTS) is 2. The normalized spacial score (nSPS) is 9.83. The van der Waals surface area contributed by atoms with Gasteiger partial charge in [0.25, 0.3) is 0 Å². The molecule has 0 spiro atoms. The molecule has 10 rings (SSSR count). The lowest BCUT2D eigenvalue weighted by molar-refractivity contribution is 0.0568. The third-order valence-electron chi connectivity index (χ3n) is 13.3. The first-order valence-corrected chi connectivity index (χ1v) is 30.8. The number of esters is 7. The number of methoxy groups -OCH3 is 7. The van der Waals surface area contributed by atoms with Crippen molar-refractivity contribution in [1.29, 1.82) is 0 Å². The molecule has 0 fully saturated rings. The maximum Gasteiger partial charge on any atom is 0.356 e. The van der Waals surface area contributed by atoms with Crippen LogP contribution < -0.4 is 5.43 Å². The minimum absolute atomic E-state index is 0.0367. The quantitative estimate of drug-likeness (QED) is 0.0164. The molecule has 0 saturated carbocycles. The molecule has 4 N–H and O–H groups in total. The number of nitrogens with one attached hydrogen (secondary N) is 1. The van der Waals surface area contributed by atoms with E-state index in [2.05, 4.69) is 73.1 Å². The SMILES string of the molecule is COC(=O)c1cc(-c2ccccc2)cc(C(=O)OC)n1.COC(=O)c1cc(-c2ccccc2)cc(CCl)n1.COC(=O)c1cc(-c2ccccc2)cc(CN=[N+]=[N-])n1.COC(=O)c1cc(-c2ccccc2)cc(CO)n1.COC(=O)c1cc(Cl)cc(C(=O)OC)n1.O=C(O)c1cc(=O)cc(C(=O)O)[nH]1. The Morgan fingerprint density at radius 3 is 0.933 bits per heavy atom. The number of hydrogen-bond acceptors (Lipinski definition) is 24. The molecule has 6 heterocycles. The van der Waals surface area contributed by atoms with Gasteiger partial charge in [-0.25, -0.2) is 68.1 Å². The summed E-state index contributed by atoms with van der Waals surface area (Å²) in [5.41, 5.74) is 16.2. The first kappa shape index (κ1) is 81.3. The van der Waals surface area contributed by atoms with Gasteiger partial charge in [-0.2, -0.15) is 0 Å². The van der Waals surface area contributed by atoms with Crippen molar-refractivity contribution in [3.63, 3.8) is 0 Å². The fraction of sp³-hybridized carbons (Fsp3) is 0.137. The number of ether oxygens (including phenoxy) is 7. The molecule has 31 heteroatoms. The van der Waals surface area contributed by atoms with Crippen molar-refractivity contribution in [2.24, 2.45) is 5.11 Å². The number of benzene rings is 4. The second-order valence-electron chi connectivity index (χ2n) is 20.2. The maximum absolute atomic E-state index is 11.6. The minimum atomic E-state index is -1.37. The lowest BCUT2D eigenvalue weighted by atomic mass is 10.0. The third kappa shape index (κ3) is 25.1. The van der Waals surface area contributed by atoms with E-state index in [9.17, 15) is 53.1 Å². The van der Waals surface area contributed by atoms with E-state index in [1.807, 2.05) is 127 Å². The van der Waals surface area contributed by atoms with E-state index in [0.717, 1.165) is 51.1 Å². The molecular weight excluding hydrogens is 1390 g/mol. The molecule has 0 atom stereocenters. The summed E-state index contributed by atoms with van der Waals surface area (Å²) in [5, 5.41) is 29.8. The molecule has 0 saturated heterocycles. The highest BCUT2D eigenvalue weighted by Gasteiger charge is 2.19. The number of aromatic amines is 1. The topological polar surface area (TPSA) is 425 Å². The Balaban J connectivity index is 0.000000226. The number of aliphatic hydroxyl groups is 1. The van der Waals surface area contributed by atoms with Crippen molar-refractivity contribution < 1.29 is 91.6 Å². The molecule has 29 nitrogen and oxygen atoms in total. The van der Waals surface area contributed by atoms with Crippen LogP contribution in [-0.4, -0.2) is 149 Å². The third-order valence-corrected chi connectivity index (χ3v) is 13.8. The summed E-state index contributed by atoms with van der Waals surface area (Å²) in [6.07, 6.45) is 0. The first-order valence-electron chi connectivity index (χ1n) is 29.9. The highest BCUT2D eigenvalue weighted by atomic mass is 35.5. The number of carbonyl (C=O) groups is 9. The van der Waals surface area contributed by atoms with Crippen molar-refractivity contribution in [2.45, 2.75) is 19.0 Å². The van der Waals surface area contributed by atoms with Gasteiger partial charge in [-0.15, -0.1) is 11.6 Å². The number of aliphatic hydroxyl groups excluding tert-OH is 1. The molecule has 4 aromatic carbocycles. The number of aromatic nitrogens is 6. The molecule has 534 valence electrons. The number of H-pyrrole nitrogens is 1. The number of carbonyl (C=O) groups excluding carboxylic acids is 7. The zero-order valence-electron chi connectivity index (χ0n) is 56.2. The second-order valence-corrected chi connectivity index (χ2v) is 20.9. The largest absolute Gasteiger partial charge is 0.477 e. The lowest BCUT2D eigenvalue weighted by Gasteiger charge is -2.07. The lowest BCUT2D eigenvalue weighted by Crippen LogP contribution is -2.13. The van der Waals surface area contributed by atoms with E-state index < -0.39 is 70.5 Å². The number of carboxylic acids is 2. The van der Waals surface area contributed by atoms with Gasteiger partial charge in [-0.05, 0) is 111 Å². The zero-order valence-corrected chi connectivity index (χ0v) is 57.7. The second kappa shape index (κ2) is 41.9. The molecule has 0 bridgehead atoms. The van der Waals surface area contributed by atoms with E-state index in [1.54, 1.807) is 42.5 Å². The maximum atomic E-state index is 11.6. The van der Waals surface area contributed by atoms with Gasteiger partial charge in [0.2, 0.25) is 0 Å². The van der Waals surface area contributed by atoms with Crippen LogP contribution in [0.5, 0.6) is 0 Å². The van der Waals surface area contributed by atoms with E-state index in [-0.39, 0.29) is 63.9 Å². The molecule has 104 heavy (non-hydrogen) atoms. The molecule has 10 aromatic rings. The number of aromatic carboxylic acids is 2. The summed E-state index contributed by atoms with van der Waals surface area (Å²) in [5.74, 6) is -6.52. The molecule has 0 unspecified atom stereocenters. The number of azide groups is 1. The minimum Gasteiger partial charge on any atom is -0.477 e. The number of rotatable bonds is 17. The number of hydrogen-bond donors (Lipinski definition) is 4. The van der Waals surface area contributed by atoms with E-state index in [4.69, 9.17) is 38.9 Å². The Labute approximate surface area is 602 Å². The summed E-state index contributed by atoms with van der Waals surface area (Å²) in [6, 6.07) is 56.1. The molecule has 0 aliphatic heterocycles. The zero-order chi connectivity index (χ0) is 76.3. The van der Waals surface area contributed by atoms with Gasteiger partial charge in [0.1, 0.15) is 39.9 Å². The predicted octanol–water partition coefficient (Wildman–Crippen LogP) is 12.0. The van der Waals surface area contributed by atoms with Crippen LogP contribution in [-0.2, 0) is 52.2 Å². The fourth-order valence-corrected chi connectivity index (χ4v) is 8.90. The molecule has 0 aliphatic carbocycles. The van der Waals surface area contributed by atoms with Crippen LogP contribution in [0.1, 0.15) is 111 Å². The van der Waals surface area contributed by atoms with Crippen molar-refractivity contribution in [1.82, 2.24) is 29.9 Å². The highest BCUT2D eigenvalue weighted by molar-refractivity contribution is 6.31. The Bertz CT molecular complexity index is 4570. The van der Waals surface area contributed by atoms with Gasteiger partial charge in [-0.1, -0.05) is 138 Å². The number of nitrogens with zero attached hydrogens (tertiary/aromatic N) is 8. The van der Waals surface area contributed by atoms with Crippen LogP contribution in [0.25, 0.3) is 55.0 Å². The molecule has 0 amide bonds. The smallest absolute Gasteiger partial charge is 0.356 e. The predicted molar refractivity (Wildman–Crippen MR) is 377 cm³/mol. The van der Waals surface area contributed by atoms with Crippen LogP contribution in [0.3, 0.4) is 0 Å². The van der Waals surface area contributed by atoms with Gasteiger partial charge in [0, 0.05) is 27.8 Å². The number of halogens is 2. The summed E-state index contributed by atoms with van der Waals surface area (Å²) in [6.45, 7) is -0.133. The molecular formula is C73H63Cl2N9O20. The van der Waals surface area contributed by atoms with Crippen molar-refractivity contribution in [3.05, 3.63) is 288 Å². The van der Waals surface area contributed by atoms with Crippen LogP contribution >= 0.6 is 23.2 Å². The molecule has 0 aliphatic rings. The average Bonchev–Trinajstić information content (AvgIpc) is 0.865. The van der Waals surface area contributed by atoms with Crippen LogP contribution in [0.4, 0.5) is 0 Å². The monoisotopic (exact) mass is 1460 g/mol. The number of alkyl halides is 1. The van der Waals surface area contributed by atoms with Gasteiger partial charge >= 0.3 is 53.7 Å². The molecule has 6 aromatic heterocycles. The Morgan fingerprint density at radius 1 is 0.394 bits per heavy atom. The van der Waals surface area contributed by atoms with Crippen LogP contribution in [0, 0.1) is 0 Å². The van der Waals surface area contributed by atoms with Gasteiger partial charge in [0.15, 0.2) is 16.8 Å². The van der Waals surface area contributed by atoms with E-state index in [1.165, 1.54) is 61.9 Å². The first-order chi connectivity index (χ1) is 50.0. The van der Waals surface area contributed by atoms with Gasteiger partial charge < -0.3 is 53.5 Å².